The number of amides is 2. The Morgan fingerprint density at radius 1 is 1.40 bits per heavy atom. The Balaban J connectivity index is 1.94. The highest BCUT2D eigenvalue weighted by molar-refractivity contribution is 6.30. The Morgan fingerprint density at radius 2 is 2.12 bits per heavy atom. The van der Waals surface area contributed by atoms with Gasteiger partial charge in [-0.1, -0.05) is 11.6 Å². The van der Waals surface area contributed by atoms with Crippen LogP contribution in [0.3, 0.4) is 0 Å². The second kappa shape index (κ2) is 7.93. The lowest BCUT2D eigenvalue weighted by Gasteiger charge is -2.21. The van der Waals surface area contributed by atoms with Crippen molar-refractivity contribution < 1.29 is 23.9 Å². The molecule has 0 saturated carbocycles. The summed E-state index contributed by atoms with van der Waals surface area (Å²) in [4.78, 5) is 36.9. The molecule has 2 amide bonds. The molecule has 2 N–H and O–H groups in total. The molecular weight excluding hydrogens is 351 g/mol. The number of carbonyl (C=O) groups is 3. The highest BCUT2D eigenvalue weighted by Gasteiger charge is 2.50. The maximum absolute atomic E-state index is 13.3. The van der Waals surface area contributed by atoms with Crippen LogP contribution in [0.2, 0.25) is 5.02 Å². The van der Waals surface area contributed by atoms with Crippen LogP contribution in [-0.4, -0.2) is 46.3 Å². The van der Waals surface area contributed by atoms with E-state index >= 15 is 0 Å². The van der Waals surface area contributed by atoms with Gasteiger partial charge in [-0.3, -0.25) is 9.59 Å². The molecule has 1 saturated heterocycles. The van der Waals surface area contributed by atoms with E-state index in [2.05, 4.69) is 5.32 Å². The normalized spacial score (nSPS) is 20.0. The molecule has 25 heavy (non-hydrogen) atoms. The number of rotatable bonds is 7. The number of hydrogen-bond acceptors (Lipinski definition) is 4. The average Bonchev–Trinajstić information content (AvgIpc) is 2.81. The minimum Gasteiger partial charge on any atom is -0.372 e. The number of carbonyl (C=O) groups excluding carboxylic acids is 3. The Bertz CT molecular complexity index is 677. The van der Waals surface area contributed by atoms with Gasteiger partial charge in [0.15, 0.2) is 0 Å². The second-order valence-corrected chi connectivity index (χ2v) is 6.60. The van der Waals surface area contributed by atoms with Gasteiger partial charge in [0, 0.05) is 37.5 Å². The summed E-state index contributed by atoms with van der Waals surface area (Å²) < 4.78 is 13.3. The molecule has 1 fully saturated rings. The molecule has 8 heteroatoms. The van der Waals surface area contributed by atoms with Crippen molar-refractivity contribution in [3.05, 3.63) is 34.6 Å². The number of benzene rings is 1. The Hall–Kier alpha value is -1.99. The first-order chi connectivity index (χ1) is 11.7. The molecule has 0 radical (unpaired) electrons. The Morgan fingerprint density at radius 3 is 2.76 bits per heavy atom. The van der Waals surface area contributed by atoms with E-state index in [1.807, 2.05) is 0 Å². The number of aliphatic hydroxyl groups is 1. The minimum atomic E-state index is -2.13. The van der Waals surface area contributed by atoms with Crippen LogP contribution in [0.1, 0.15) is 31.7 Å². The van der Waals surface area contributed by atoms with E-state index in [1.54, 1.807) is 0 Å². The molecule has 1 aromatic rings. The summed E-state index contributed by atoms with van der Waals surface area (Å²) >= 11 is 5.75. The van der Waals surface area contributed by atoms with Gasteiger partial charge >= 0.3 is 0 Å². The number of nitrogens with one attached hydrogen (secondary N) is 1. The molecule has 0 bridgehead atoms. The summed E-state index contributed by atoms with van der Waals surface area (Å²) in [6.07, 6.45) is 0.803. The fraction of sp³-hybridized carbons (Fsp3) is 0.471. The largest absolute Gasteiger partial charge is 0.372 e. The number of likely N-dealkylation sites (tertiary alicyclic amines) is 1. The topological polar surface area (TPSA) is 86.7 Å². The van der Waals surface area contributed by atoms with Crippen LogP contribution in [0.4, 0.5) is 4.39 Å². The molecule has 1 aliphatic rings. The van der Waals surface area contributed by atoms with Gasteiger partial charge in [-0.25, -0.2) is 4.39 Å². The van der Waals surface area contributed by atoms with Crippen molar-refractivity contribution in [2.45, 2.75) is 38.3 Å². The second-order valence-electron chi connectivity index (χ2n) is 6.17. The predicted octanol–water partition coefficient (Wildman–Crippen LogP) is 1.43. The first-order valence-corrected chi connectivity index (χ1v) is 8.34. The highest BCUT2D eigenvalue weighted by atomic mass is 35.5. The Labute approximate surface area is 149 Å². The van der Waals surface area contributed by atoms with Crippen molar-refractivity contribution in [1.29, 1.82) is 0 Å². The van der Waals surface area contributed by atoms with Crippen LogP contribution in [-0.2, 0) is 20.9 Å². The molecule has 1 atom stereocenters. The summed E-state index contributed by atoms with van der Waals surface area (Å²) in [7, 11) is 0. The van der Waals surface area contributed by atoms with E-state index in [1.165, 1.54) is 24.0 Å². The molecule has 0 aromatic heterocycles. The van der Waals surface area contributed by atoms with Crippen molar-refractivity contribution in [3.63, 3.8) is 0 Å². The molecule has 0 spiro atoms. The number of hydrogen-bond donors (Lipinski definition) is 2. The zero-order valence-electron chi connectivity index (χ0n) is 13.8. The van der Waals surface area contributed by atoms with Crippen molar-refractivity contribution >= 4 is 29.2 Å². The van der Waals surface area contributed by atoms with Crippen LogP contribution in [0.5, 0.6) is 0 Å². The van der Waals surface area contributed by atoms with Gasteiger partial charge < -0.3 is 20.1 Å². The van der Waals surface area contributed by atoms with Crippen molar-refractivity contribution in [1.82, 2.24) is 10.2 Å². The van der Waals surface area contributed by atoms with E-state index in [9.17, 15) is 23.9 Å². The van der Waals surface area contributed by atoms with Crippen LogP contribution < -0.4 is 5.32 Å². The van der Waals surface area contributed by atoms with Crippen LogP contribution in [0.15, 0.2) is 18.2 Å². The van der Waals surface area contributed by atoms with Gasteiger partial charge in [-0.2, -0.15) is 0 Å². The molecule has 1 aromatic carbocycles. The van der Waals surface area contributed by atoms with Crippen LogP contribution in [0.25, 0.3) is 0 Å². The number of Topliss-reactive ketones (excluding diaryl/α,β-unsaturated/α-hetero) is 1. The van der Waals surface area contributed by atoms with E-state index in [0.29, 0.717) is 24.9 Å². The van der Waals surface area contributed by atoms with Gasteiger partial charge in [-0.15, -0.1) is 0 Å². The fourth-order valence-corrected chi connectivity index (χ4v) is 3.00. The molecule has 0 aliphatic carbocycles. The van der Waals surface area contributed by atoms with E-state index in [4.69, 9.17) is 11.6 Å². The van der Waals surface area contributed by atoms with E-state index < -0.39 is 23.2 Å². The van der Waals surface area contributed by atoms with Crippen LogP contribution >= 0.6 is 11.6 Å². The molecule has 136 valence electrons. The lowest BCUT2D eigenvalue weighted by molar-refractivity contribution is -0.154. The van der Waals surface area contributed by atoms with Crippen molar-refractivity contribution in [3.8, 4) is 0 Å². The molecular formula is C17H20ClFN2O4. The zero-order chi connectivity index (χ0) is 18.6. The monoisotopic (exact) mass is 370 g/mol. The molecule has 6 nitrogen and oxygen atoms in total. The van der Waals surface area contributed by atoms with Crippen molar-refractivity contribution in [2.75, 3.05) is 13.1 Å². The summed E-state index contributed by atoms with van der Waals surface area (Å²) in [5.41, 5.74) is -1.71. The molecule has 1 aliphatic heterocycles. The zero-order valence-corrected chi connectivity index (χ0v) is 14.6. The number of ketones is 1. The average molecular weight is 371 g/mol. The van der Waals surface area contributed by atoms with Gasteiger partial charge in [0.25, 0.3) is 11.8 Å². The quantitative estimate of drug-likeness (QED) is 0.711. The molecule has 2 rings (SSSR count). The highest BCUT2D eigenvalue weighted by Crippen LogP contribution is 2.24. The minimum absolute atomic E-state index is 0.0217. The molecule has 1 unspecified atom stereocenters. The van der Waals surface area contributed by atoms with Gasteiger partial charge in [0.1, 0.15) is 11.6 Å². The third kappa shape index (κ3) is 4.76. The third-order valence-corrected chi connectivity index (χ3v) is 4.31. The summed E-state index contributed by atoms with van der Waals surface area (Å²) in [5, 5.41) is 13.1. The standard InChI is InChI=1S/C17H20ClFN2O4/c1-11(22)3-2-5-21-6-4-17(25,16(21)24)15(23)20-10-12-7-13(18)9-14(19)8-12/h7-9,25H,2-6,10H2,1H3,(H,20,23). The number of halogens is 2. The lowest BCUT2D eigenvalue weighted by atomic mass is 10.0. The van der Waals surface area contributed by atoms with Gasteiger partial charge in [0.05, 0.1) is 0 Å². The van der Waals surface area contributed by atoms with Crippen LogP contribution in [0, 0.1) is 5.82 Å². The van der Waals surface area contributed by atoms with Gasteiger partial charge in [-0.05, 0) is 37.1 Å². The number of nitrogens with zero attached hydrogens (tertiary/aromatic N) is 1. The predicted molar refractivity (Wildman–Crippen MR) is 89.3 cm³/mol. The van der Waals surface area contributed by atoms with E-state index in [0.717, 1.165) is 6.07 Å². The summed E-state index contributed by atoms with van der Waals surface area (Å²) in [6, 6.07) is 3.83. The fourth-order valence-electron chi connectivity index (χ4n) is 2.75. The Kier molecular flexibility index (Phi) is 6.13. The SMILES string of the molecule is CC(=O)CCCN1CCC(O)(C(=O)NCc2cc(F)cc(Cl)c2)C1=O. The van der Waals surface area contributed by atoms with Gasteiger partial charge in [0.2, 0.25) is 5.60 Å². The lowest BCUT2D eigenvalue weighted by Crippen LogP contribution is -2.52. The molecule has 1 heterocycles. The first-order valence-electron chi connectivity index (χ1n) is 7.97. The van der Waals surface area contributed by atoms with Crippen molar-refractivity contribution in [2.24, 2.45) is 0 Å². The first kappa shape index (κ1) is 19.3. The third-order valence-electron chi connectivity index (χ3n) is 4.09. The maximum atomic E-state index is 13.3. The smallest absolute Gasteiger partial charge is 0.264 e. The van der Waals surface area contributed by atoms with E-state index in [-0.39, 0.29) is 30.3 Å². The maximum Gasteiger partial charge on any atom is 0.264 e. The summed E-state index contributed by atoms with van der Waals surface area (Å²) in [5.74, 6) is -2.02. The summed E-state index contributed by atoms with van der Waals surface area (Å²) in [6.45, 7) is 1.96.